The summed E-state index contributed by atoms with van der Waals surface area (Å²) in [6, 6.07) is 3.74. The Morgan fingerprint density at radius 1 is 1.47 bits per heavy atom. The number of piperidine rings is 1. The van der Waals surface area contributed by atoms with Gasteiger partial charge in [-0.1, -0.05) is 6.92 Å². The molecule has 1 aliphatic rings. The molecule has 94 valence electrons. The van der Waals surface area contributed by atoms with Gasteiger partial charge in [-0.05, 0) is 50.5 Å². The Labute approximate surface area is 103 Å². The van der Waals surface area contributed by atoms with Gasteiger partial charge in [0.1, 0.15) is 5.82 Å². The number of hydrogen-bond acceptors (Lipinski definition) is 4. The van der Waals surface area contributed by atoms with Crippen LogP contribution >= 0.6 is 0 Å². The molecule has 1 saturated heterocycles. The molecule has 4 nitrogen and oxygen atoms in total. The smallest absolute Gasteiger partial charge is 0.149 e. The first-order chi connectivity index (χ1) is 8.09. The second-order valence-corrected chi connectivity index (χ2v) is 5.41. The van der Waals surface area contributed by atoms with E-state index in [2.05, 4.69) is 29.2 Å². The van der Waals surface area contributed by atoms with Crippen molar-refractivity contribution in [3.05, 3.63) is 18.3 Å². The summed E-state index contributed by atoms with van der Waals surface area (Å²) >= 11 is 0. The van der Waals surface area contributed by atoms with Crippen molar-refractivity contribution >= 4 is 11.5 Å². The molecule has 4 heteroatoms. The molecule has 1 fully saturated rings. The molecule has 0 bridgehead atoms. The van der Waals surface area contributed by atoms with E-state index >= 15 is 0 Å². The zero-order valence-corrected chi connectivity index (χ0v) is 10.7. The molecule has 0 aliphatic carbocycles. The molecule has 3 N–H and O–H groups in total. The van der Waals surface area contributed by atoms with Crippen LogP contribution in [0.2, 0.25) is 0 Å². The number of likely N-dealkylation sites (tertiary alicyclic amines) is 1. The summed E-state index contributed by atoms with van der Waals surface area (Å²) in [4.78, 5) is 6.65. The van der Waals surface area contributed by atoms with Crippen molar-refractivity contribution in [2.75, 3.05) is 37.7 Å². The molecule has 0 spiro atoms. The summed E-state index contributed by atoms with van der Waals surface area (Å²) in [6.45, 7) is 5.64. The predicted molar refractivity (Wildman–Crippen MR) is 72.0 cm³/mol. The molecule has 0 amide bonds. The van der Waals surface area contributed by atoms with Crippen LogP contribution in [0.25, 0.3) is 0 Å². The van der Waals surface area contributed by atoms with Gasteiger partial charge in [0.25, 0.3) is 0 Å². The number of nitrogens with one attached hydrogen (secondary N) is 1. The minimum absolute atomic E-state index is 0.358. The topological polar surface area (TPSA) is 54.2 Å². The van der Waals surface area contributed by atoms with E-state index in [-0.39, 0.29) is 0 Å². The predicted octanol–water partition coefficient (Wildman–Crippen LogP) is 1.81. The zero-order valence-electron chi connectivity index (χ0n) is 10.7. The van der Waals surface area contributed by atoms with Crippen LogP contribution in [0.3, 0.4) is 0 Å². The van der Waals surface area contributed by atoms with Crippen molar-refractivity contribution in [2.45, 2.75) is 19.8 Å². The van der Waals surface area contributed by atoms with Crippen LogP contribution in [0.5, 0.6) is 0 Å². The third-order valence-electron chi connectivity index (χ3n) is 3.72. The number of nitrogens with zero attached hydrogens (tertiary/aromatic N) is 2. The van der Waals surface area contributed by atoms with Crippen molar-refractivity contribution in [1.82, 2.24) is 9.88 Å². The standard InChI is InChI=1S/C13H22N4/c1-13(5-8-17(2)9-6-13)10-16-12-11(14)4-3-7-15-12/h3-4,7H,5-6,8-10,14H2,1-2H3,(H,15,16). The molecule has 17 heavy (non-hydrogen) atoms. The average molecular weight is 234 g/mol. The number of nitrogen functional groups attached to an aromatic ring is 1. The molecule has 0 aromatic carbocycles. The van der Waals surface area contributed by atoms with Gasteiger partial charge in [-0.3, -0.25) is 0 Å². The van der Waals surface area contributed by atoms with E-state index in [1.54, 1.807) is 6.20 Å². The molecule has 0 radical (unpaired) electrons. The zero-order chi connectivity index (χ0) is 12.3. The molecular weight excluding hydrogens is 212 g/mol. The van der Waals surface area contributed by atoms with Crippen LogP contribution in [0.4, 0.5) is 11.5 Å². The van der Waals surface area contributed by atoms with Crippen molar-refractivity contribution in [1.29, 1.82) is 0 Å². The molecule has 0 saturated carbocycles. The molecule has 1 aliphatic heterocycles. The van der Waals surface area contributed by atoms with Gasteiger partial charge in [-0.15, -0.1) is 0 Å². The van der Waals surface area contributed by atoms with Gasteiger partial charge in [0.15, 0.2) is 0 Å². The maximum absolute atomic E-state index is 5.87. The van der Waals surface area contributed by atoms with E-state index in [1.807, 2.05) is 12.1 Å². The number of aromatic nitrogens is 1. The summed E-state index contributed by atoms with van der Waals surface area (Å²) < 4.78 is 0. The largest absolute Gasteiger partial charge is 0.396 e. The van der Waals surface area contributed by atoms with Gasteiger partial charge in [-0.2, -0.15) is 0 Å². The highest BCUT2D eigenvalue weighted by Gasteiger charge is 2.28. The van der Waals surface area contributed by atoms with E-state index in [0.717, 1.165) is 18.1 Å². The van der Waals surface area contributed by atoms with E-state index in [4.69, 9.17) is 5.73 Å². The fraction of sp³-hybridized carbons (Fsp3) is 0.615. The number of pyridine rings is 1. The Kier molecular flexibility index (Phi) is 3.52. The van der Waals surface area contributed by atoms with Crippen LogP contribution in [0.1, 0.15) is 19.8 Å². The molecule has 2 heterocycles. The Hall–Kier alpha value is -1.29. The lowest BCUT2D eigenvalue weighted by atomic mass is 9.80. The lowest BCUT2D eigenvalue weighted by Gasteiger charge is -2.38. The lowest BCUT2D eigenvalue weighted by molar-refractivity contribution is 0.150. The summed E-state index contributed by atoms with van der Waals surface area (Å²) in [5, 5.41) is 3.38. The Bertz CT molecular complexity index is 369. The number of anilines is 2. The van der Waals surface area contributed by atoms with Crippen LogP contribution in [0, 0.1) is 5.41 Å². The first-order valence-corrected chi connectivity index (χ1v) is 6.22. The number of rotatable bonds is 3. The normalized spacial score (nSPS) is 20.1. The third-order valence-corrected chi connectivity index (χ3v) is 3.72. The molecule has 0 atom stereocenters. The van der Waals surface area contributed by atoms with Gasteiger partial charge in [0.2, 0.25) is 0 Å². The molecule has 1 aromatic heterocycles. The molecule has 2 rings (SSSR count). The molecule has 1 aromatic rings. The summed E-state index contributed by atoms with van der Waals surface area (Å²) in [5.74, 6) is 0.813. The minimum Gasteiger partial charge on any atom is -0.396 e. The fourth-order valence-electron chi connectivity index (χ4n) is 2.20. The minimum atomic E-state index is 0.358. The highest BCUT2D eigenvalue weighted by Crippen LogP contribution is 2.30. The number of hydrogen-bond donors (Lipinski definition) is 2. The van der Waals surface area contributed by atoms with Gasteiger partial charge in [-0.25, -0.2) is 4.98 Å². The van der Waals surface area contributed by atoms with Crippen LogP contribution in [-0.2, 0) is 0 Å². The van der Waals surface area contributed by atoms with E-state index in [9.17, 15) is 0 Å². The molecular formula is C13H22N4. The Morgan fingerprint density at radius 2 is 2.18 bits per heavy atom. The monoisotopic (exact) mass is 234 g/mol. The average Bonchev–Trinajstić information content (AvgIpc) is 2.33. The Morgan fingerprint density at radius 3 is 2.82 bits per heavy atom. The quantitative estimate of drug-likeness (QED) is 0.837. The highest BCUT2D eigenvalue weighted by atomic mass is 15.1. The maximum atomic E-state index is 5.87. The van der Waals surface area contributed by atoms with Crippen LogP contribution in [-0.4, -0.2) is 36.6 Å². The van der Waals surface area contributed by atoms with Gasteiger partial charge >= 0.3 is 0 Å². The van der Waals surface area contributed by atoms with Crippen LogP contribution < -0.4 is 11.1 Å². The number of nitrogens with two attached hydrogens (primary N) is 1. The van der Waals surface area contributed by atoms with Crippen molar-refractivity contribution < 1.29 is 0 Å². The molecule has 0 unspecified atom stereocenters. The Balaban J connectivity index is 1.92. The maximum Gasteiger partial charge on any atom is 0.149 e. The van der Waals surface area contributed by atoms with E-state index in [1.165, 1.54) is 25.9 Å². The second-order valence-electron chi connectivity index (χ2n) is 5.41. The van der Waals surface area contributed by atoms with Crippen LogP contribution in [0.15, 0.2) is 18.3 Å². The van der Waals surface area contributed by atoms with E-state index in [0.29, 0.717) is 5.41 Å². The first-order valence-electron chi connectivity index (χ1n) is 6.22. The van der Waals surface area contributed by atoms with Crippen molar-refractivity contribution in [3.8, 4) is 0 Å². The van der Waals surface area contributed by atoms with Crippen molar-refractivity contribution in [3.63, 3.8) is 0 Å². The summed E-state index contributed by atoms with van der Waals surface area (Å²) in [6.07, 6.45) is 4.22. The fourth-order valence-corrected chi connectivity index (χ4v) is 2.20. The second kappa shape index (κ2) is 4.92. The first kappa shape index (κ1) is 12.2. The highest BCUT2D eigenvalue weighted by molar-refractivity contribution is 5.60. The van der Waals surface area contributed by atoms with Gasteiger partial charge < -0.3 is 16.0 Å². The van der Waals surface area contributed by atoms with Gasteiger partial charge in [0, 0.05) is 12.7 Å². The third kappa shape index (κ3) is 3.09. The van der Waals surface area contributed by atoms with Gasteiger partial charge in [0.05, 0.1) is 5.69 Å². The summed E-state index contributed by atoms with van der Waals surface area (Å²) in [7, 11) is 2.18. The summed E-state index contributed by atoms with van der Waals surface area (Å²) in [5.41, 5.74) is 6.95. The van der Waals surface area contributed by atoms with Crippen molar-refractivity contribution in [2.24, 2.45) is 5.41 Å². The lowest BCUT2D eigenvalue weighted by Crippen LogP contribution is -2.40. The SMILES string of the molecule is CN1CCC(C)(CNc2ncccc2N)CC1. The van der Waals surface area contributed by atoms with E-state index < -0.39 is 0 Å².